The summed E-state index contributed by atoms with van der Waals surface area (Å²) in [7, 11) is 2.91. The van der Waals surface area contributed by atoms with Crippen LogP contribution in [0, 0.1) is 10.1 Å². The molecule has 0 atom stereocenters. The van der Waals surface area contributed by atoms with Gasteiger partial charge in [-0.25, -0.2) is 0 Å². The van der Waals surface area contributed by atoms with Gasteiger partial charge in [0.2, 0.25) is 0 Å². The van der Waals surface area contributed by atoms with E-state index in [0.29, 0.717) is 29.8 Å². The number of benzene rings is 2. The molecule has 0 spiro atoms. The van der Waals surface area contributed by atoms with Gasteiger partial charge in [0.1, 0.15) is 17.1 Å². The van der Waals surface area contributed by atoms with Gasteiger partial charge in [0.05, 0.1) is 24.7 Å². The maximum atomic E-state index is 13.1. The molecule has 35 heavy (non-hydrogen) atoms. The van der Waals surface area contributed by atoms with E-state index in [-0.39, 0.29) is 28.6 Å². The number of aromatic amines is 1. The van der Waals surface area contributed by atoms with E-state index in [0.717, 1.165) is 25.7 Å². The number of carbonyl (C=O) groups is 2. The van der Waals surface area contributed by atoms with Gasteiger partial charge in [0, 0.05) is 18.5 Å². The summed E-state index contributed by atoms with van der Waals surface area (Å²) in [5.41, 5.74) is 1.62. The quantitative estimate of drug-likeness (QED) is 0.161. The third kappa shape index (κ3) is 6.47. The summed E-state index contributed by atoms with van der Waals surface area (Å²) >= 11 is 0. The number of rotatable bonds is 12. The minimum Gasteiger partial charge on any atom is -0.497 e. The fraction of sp³-hybridized carbons (Fsp3) is 0.308. The molecule has 1 heterocycles. The average Bonchev–Trinajstić information content (AvgIpc) is 3.29. The van der Waals surface area contributed by atoms with Crippen LogP contribution in [0.4, 0.5) is 5.69 Å². The molecule has 1 aromatic heterocycles. The molecule has 9 heteroatoms. The SMILES string of the molecule is COC(=O)CCCCCCNC(=O)c1[nH]c(-c2ccc(OC)cc2)c([N+](=O)[O-])c1-c1ccccc1. The Bertz CT molecular complexity index is 1160. The first-order valence-corrected chi connectivity index (χ1v) is 11.4. The predicted octanol–water partition coefficient (Wildman–Crippen LogP) is 5.12. The van der Waals surface area contributed by atoms with Crippen molar-refractivity contribution in [1.29, 1.82) is 0 Å². The minimum absolute atomic E-state index is 0.138. The van der Waals surface area contributed by atoms with E-state index in [1.165, 1.54) is 7.11 Å². The second kappa shape index (κ2) is 12.4. The number of nitrogens with one attached hydrogen (secondary N) is 2. The molecule has 2 aromatic carbocycles. The highest BCUT2D eigenvalue weighted by molar-refractivity contribution is 6.04. The lowest BCUT2D eigenvalue weighted by atomic mass is 10.0. The Labute approximate surface area is 203 Å². The van der Waals surface area contributed by atoms with Crippen LogP contribution in [0.3, 0.4) is 0 Å². The van der Waals surface area contributed by atoms with Crippen LogP contribution in [0.5, 0.6) is 5.75 Å². The first kappa shape index (κ1) is 25.5. The van der Waals surface area contributed by atoms with Crippen LogP contribution in [0.2, 0.25) is 0 Å². The molecule has 0 saturated carbocycles. The highest BCUT2D eigenvalue weighted by Gasteiger charge is 2.31. The number of ether oxygens (including phenoxy) is 2. The normalized spacial score (nSPS) is 10.6. The Morgan fingerprint density at radius 3 is 2.26 bits per heavy atom. The summed E-state index contributed by atoms with van der Waals surface area (Å²) in [6, 6.07) is 15.7. The number of nitro groups is 1. The molecule has 184 valence electrons. The number of esters is 1. The topological polar surface area (TPSA) is 124 Å². The lowest BCUT2D eigenvalue weighted by molar-refractivity contribution is -0.383. The van der Waals surface area contributed by atoms with Crippen molar-refractivity contribution in [2.45, 2.75) is 32.1 Å². The Hall–Kier alpha value is -4.14. The number of nitrogens with zero attached hydrogens (tertiary/aromatic N) is 1. The van der Waals surface area contributed by atoms with E-state index in [4.69, 9.17) is 4.74 Å². The summed E-state index contributed by atoms with van der Waals surface area (Å²) in [6.45, 7) is 0.413. The number of hydrogen-bond donors (Lipinski definition) is 2. The predicted molar refractivity (Wildman–Crippen MR) is 132 cm³/mol. The molecule has 1 amide bonds. The van der Waals surface area contributed by atoms with E-state index in [1.54, 1.807) is 55.6 Å². The van der Waals surface area contributed by atoms with Gasteiger partial charge < -0.3 is 19.8 Å². The van der Waals surface area contributed by atoms with Gasteiger partial charge in [0.25, 0.3) is 5.91 Å². The first-order chi connectivity index (χ1) is 17.0. The largest absolute Gasteiger partial charge is 0.497 e. The zero-order valence-corrected chi connectivity index (χ0v) is 19.8. The molecule has 0 unspecified atom stereocenters. The third-order valence-electron chi connectivity index (χ3n) is 5.65. The molecule has 0 bridgehead atoms. The second-order valence-electron chi connectivity index (χ2n) is 7.95. The van der Waals surface area contributed by atoms with Crippen LogP contribution in [-0.4, -0.2) is 42.5 Å². The number of methoxy groups -OCH3 is 2. The summed E-state index contributed by atoms with van der Waals surface area (Å²) in [5.74, 6) is -0.0233. The van der Waals surface area contributed by atoms with Crippen LogP contribution in [0.1, 0.15) is 42.6 Å². The van der Waals surface area contributed by atoms with E-state index >= 15 is 0 Å². The smallest absolute Gasteiger partial charge is 0.305 e. The number of amides is 1. The standard InChI is InChI=1S/C26H29N3O6/c1-34-20-15-13-19(14-16-20)23-25(29(32)33)22(18-10-6-5-7-11-18)24(28-23)26(31)27-17-9-4-3-8-12-21(30)35-2/h5-7,10-11,13-16,28H,3-4,8-9,12,17H2,1-2H3,(H,27,31). The van der Waals surface area contributed by atoms with E-state index < -0.39 is 10.8 Å². The third-order valence-corrected chi connectivity index (χ3v) is 5.65. The van der Waals surface area contributed by atoms with Crippen LogP contribution in [-0.2, 0) is 9.53 Å². The summed E-state index contributed by atoms with van der Waals surface area (Å²) in [5, 5.41) is 15.0. The number of H-pyrrole nitrogens is 1. The van der Waals surface area contributed by atoms with E-state index in [1.807, 2.05) is 6.07 Å². The lowest BCUT2D eigenvalue weighted by Gasteiger charge is -2.06. The molecular formula is C26H29N3O6. The van der Waals surface area contributed by atoms with Gasteiger partial charge in [0.15, 0.2) is 0 Å². The minimum atomic E-state index is -0.462. The summed E-state index contributed by atoms with van der Waals surface area (Å²) in [4.78, 5) is 39.0. The Balaban J connectivity index is 1.83. The van der Waals surface area contributed by atoms with Crippen LogP contribution in [0.15, 0.2) is 54.6 Å². The van der Waals surface area contributed by atoms with Gasteiger partial charge in [-0.1, -0.05) is 43.2 Å². The first-order valence-electron chi connectivity index (χ1n) is 11.4. The molecule has 9 nitrogen and oxygen atoms in total. The average molecular weight is 480 g/mol. The molecule has 0 fully saturated rings. The molecule has 0 aliphatic heterocycles. The number of aromatic nitrogens is 1. The van der Waals surface area contributed by atoms with Gasteiger partial charge in [-0.3, -0.25) is 19.7 Å². The van der Waals surface area contributed by atoms with Crippen LogP contribution in [0.25, 0.3) is 22.4 Å². The zero-order valence-electron chi connectivity index (χ0n) is 19.8. The zero-order chi connectivity index (χ0) is 25.2. The maximum Gasteiger partial charge on any atom is 0.305 e. The van der Waals surface area contributed by atoms with E-state index in [2.05, 4.69) is 15.0 Å². The fourth-order valence-corrected chi connectivity index (χ4v) is 3.84. The molecule has 0 saturated heterocycles. The fourth-order valence-electron chi connectivity index (χ4n) is 3.84. The maximum absolute atomic E-state index is 13.1. The lowest BCUT2D eigenvalue weighted by Crippen LogP contribution is -2.25. The summed E-state index contributed by atoms with van der Waals surface area (Å²) < 4.78 is 9.81. The number of carbonyl (C=O) groups excluding carboxylic acids is 2. The van der Waals surface area contributed by atoms with Crippen LogP contribution < -0.4 is 10.1 Å². The van der Waals surface area contributed by atoms with Gasteiger partial charge >= 0.3 is 11.7 Å². The van der Waals surface area contributed by atoms with Gasteiger partial charge in [-0.15, -0.1) is 0 Å². The highest BCUT2D eigenvalue weighted by Crippen LogP contribution is 2.41. The van der Waals surface area contributed by atoms with Crippen molar-refractivity contribution < 1.29 is 24.0 Å². The number of unbranched alkanes of at least 4 members (excludes halogenated alkanes) is 3. The Morgan fingerprint density at radius 1 is 0.943 bits per heavy atom. The van der Waals surface area contributed by atoms with Crippen molar-refractivity contribution in [1.82, 2.24) is 10.3 Å². The molecule has 0 radical (unpaired) electrons. The van der Waals surface area contributed by atoms with Gasteiger partial charge in [-0.2, -0.15) is 0 Å². The summed E-state index contributed by atoms with van der Waals surface area (Å²) in [6.07, 6.45) is 3.51. The highest BCUT2D eigenvalue weighted by atomic mass is 16.6. The molecular weight excluding hydrogens is 450 g/mol. The van der Waals surface area contributed by atoms with Crippen molar-refractivity contribution >= 4 is 17.6 Å². The van der Waals surface area contributed by atoms with Crippen molar-refractivity contribution in [3.63, 3.8) is 0 Å². The Kier molecular flexibility index (Phi) is 9.00. The van der Waals surface area contributed by atoms with Crippen molar-refractivity contribution in [2.75, 3.05) is 20.8 Å². The van der Waals surface area contributed by atoms with Crippen molar-refractivity contribution in [3.05, 3.63) is 70.4 Å². The van der Waals surface area contributed by atoms with Crippen molar-refractivity contribution in [2.24, 2.45) is 0 Å². The van der Waals surface area contributed by atoms with Crippen LogP contribution >= 0.6 is 0 Å². The molecule has 3 rings (SSSR count). The molecule has 3 aromatic rings. The second-order valence-corrected chi connectivity index (χ2v) is 7.95. The van der Waals surface area contributed by atoms with Crippen molar-refractivity contribution in [3.8, 4) is 28.1 Å². The molecule has 2 N–H and O–H groups in total. The van der Waals surface area contributed by atoms with E-state index in [9.17, 15) is 19.7 Å². The number of hydrogen-bond acceptors (Lipinski definition) is 6. The molecule has 0 aliphatic carbocycles. The monoisotopic (exact) mass is 479 g/mol. The van der Waals surface area contributed by atoms with Gasteiger partial charge in [-0.05, 0) is 42.7 Å². The molecule has 0 aliphatic rings. The Morgan fingerprint density at radius 2 is 1.63 bits per heavy atom.